The van der Waals surface area contributed by atoms with E-state index in [1.54, 1.807) is 24.3 Å². The van der Waals surface area contributed by atoms with E-state index in [9.17, 15) is 4.79 Å². The van der Waals surface area contributed by atoms with Crippen LogP contribution < -0.4 is 4.74 Å². The molecule has 1 rings (SSSR count). The van der Waals surface area contributed by atoms with Crippen molar-refractivity contribution in [3.05, 3.63) is 35.6 Å². The fraction of sp³-hybridized carbons (Fsp3) is 0.125. The fourth-order valence-corrected chi connectivity index (χ4v) is 0.832. The Morgan fingerprint density at radius 3 is 2.42 bits per heavy atom. The zero-order valence-corrected chi connectivity index (χ0v) is 10.4. The second kappa shape index (κ2) is 5.49. The SMILES string of the molecule is COc1ccccc1C([NH-])=O.[Pr]. The molecule has 0 heterocycles. The molecule has 12 heavy (non-hydrogen) atoms. The molecule has 0 saturated heterocycles. The minimum atomic E-state index is -0.720. The van der Waals surface area contributed by atoms with E-state index in [1.165, 1.54) is 7.11 Å². The van der Waals surface area contributed by atoms with Gasteiger partial charge in [0, 0.05) is 46.9 Å². The van der Waals surface area contributed by atoms with Crippen molar-refractivity contribution in [3.63, 3.8) is 0 Å². The number of rotatable bonds is 2. The van der Waals surface area contributed by atoms with Gasteiger partial charge in [-0.3, -0.25) is 0 Å². The van der Waals surface area contributed by atoms with E-state index in [-0.39, 0.29) is 41.3 Å². The normalized spacial score (nSPS) is 8.42. The molecule has 0 bridgehead atoms. The van der Waals surface area contributed by atoms with E-state index in [0.29, 0.717) is 11.3 Å². The molecule has 0 unspecified atom stereocenters. The second-order valence-corrected chi connectivity index (χ2v) is 2.03. The summed E-state index contributed by atoms with van der Waals surface area (Å²) in [4.78, 5) is 10.6. The van der Waals surface area contributed by atoms with Crippen molar-refractivity contribution in [2.24, 2.45) is 0 Å². The Bertz CT molecular complexity index is 276. The van der Waals surface area contributed by atoms with E-state index in [2.05, 4.69) is 0 Å². The van der Waals surface area contributed by atoms with Gasteiger partial charge in [0.25, 0.3) is 0 Å². The summed E-state index contributed by atoms with van der Waals surface area (Å²) in [5, 5.41) is 0. The van der Waals surface area contributed by atoms with Crippen molar-refractivity contribution in [1.82, 2.24) is 0 Å². The van der Waals surface area contributed by atoms with Crippen molar-refractivity contribution < 1.29 is 50.8 Å². The van der Waals surface area contributed by atoms with Gasteiger partial charge in [-0.05, 0) is 12.1 Å². The summed E-state index contributed by atoms with van der Waals surface area (Å²) in [5.41, 5.74) is 7.14. The molecule has 4 heteroatoms. The Morgan fingerprint density at radius 1 is 1.42 bits per heavy atom. The largest absolute Gasteiger partial charge is 0.663 e. The Morgan fingerprint density at radius 2 is 2.00 bits per heavy atom. The molecule has 0 aliphatic rings. The van der Waals surface area contributed by atoms with Crippen LogP contribution >= 0.6 is 0 Å². The van der Waals surface area contributed by atoms with Crippen LogP contribution in [-0.4, -0.2) is 13.0 Å². The van der Waals surface area contributed by atoms with Gasteiger partial charge in [0.05, 0.1) is 13.0 Å². The number of ether oxygens (including phenoxy) is 1. The number of para-hydroxylation sites is 1. The van der Waals surface area contributed by atoms with E-state index in [0.717, 1.165) is 0 Å². The summed E-state index contributed by atoms with van der Waals surface area (Å²) >= 11 is 0. The summed E-state index contributed by atoms with van der Waals surface area (Å²) < 4.78 is 4.87. The van der Waals surface area contributed by atoms with Crippen LogP contribution in [0.3, 0.4) is 0 Å². The van der Waals surface area contributed by atoms with Gasteiger partial charge in [-0.1, -0.05) is 12.1 Å². The molecule has 0 fully saturated rings. The van der Waals surface area contributed by atoms with Crippen molar-refractivity contribution in [2.75, 3.05) is 7.11 Å². The first-order valence-electron chi connectivity index (χ1n) is 3.14. The molecule has 0 saturated carbocycles. The van der Waals surface area contributed by atoms with Gasteiger partial charge in [-0.15, -0.1) is 0 Å². The number of benzene rings is 1. The molecule has 1 aromatic carbocycles. The number of hydrogen-bond acceptors (Lipinski definition) is 2. The van der Waals surface area contributed by atoms with Gasteiger partial charge in [-0.25, -0.2) is 0 Å². The van der Waals surface area contributed by atoms with Gasteiger partial charge < -0.3 is 15.3 Å². The summed E-state index contributed by atoms with van der Waals surface area (Å²) in [6.07, 6.45) is 0. The first-order valence-corrected chi connectivity index (χ1v) is 3.14. The summed E-state index contributed by atoms with van der Waals surface area (Å²) in [5.74, 6) is -0.269. The van der Waals surface area contributed by atoms with Crippen molar-refractivity contribution >= 4 is 5.91 Å². The van der Waals surface area contributed by atoms with Gasteiger partial charge in [-0.2, -0.15) is 0 Å². The molecule has 1 N–H and O–H groups in total. The third-order valence-corrected chi connectivity index (χ3v) is 1.35. The van der Waals surface area contributed by atoms with Crippen LogP contribution in [0.5, 0.6) is 5.75 Å². The Balaban J connectivity index is 0.00000121. The average molecular weight is 291 g/mol. The quantitative estimate of drug-likeness (QED) is 0.835. The number of amides is 1. The van der Waals surface area contributed by atoms with Gasteiger partial charge in [0.15, 0.2) is 0 Å². The Labute approximate surface area is 104 Å². The first-order chi connectivity index (χ1) is 5.25. The zero-order valence-electron chi connectivity index (χ0n) is 6.70. The maximum atomic E-state index is 10.6. The predicted molar refractivity (Wildman–Crippen MR) is 41.6 cm³/mol. The molecule has 0 spiro atoms. The standard InChI is InChI=1S/C8H9NO2.Pr/c1-11-7-5-3-2-4-6(7)8(9)10;/h2-5H,1H3,(H2,9,10);/p-1. The third kappa shape index (κ3) is 2.72. The molecule has 0 aromatic heterocycles. The van der Waals surface area contributed by atoms with E-state index in [1.807, 2.05) is 0 Å². The minimum Gasteiger partial charge on any atom is -0.663 e. The molecular formula is C8H8NO2Pr-. The predicted octanol–water partition coefficient (Wildman–Crippen LogP) is 1.89. The van der Waals surface area contributed by atoms with Crippen molar-refractivity contribution in [3.8, 4) is 5.75 Å². The van der Waals surface area contributed by atoms with E-state index in [4.69, 9.17) is 10.5 Å². The summed E-state index contributed by atoms with van der Waals surface area (Å²) in [6, 6.07) is 6.67. The minimum absolute atomic E-state index is 0. The monoisotopic (exact) mass is 291 g/mol. The van der Waals surface area contributed by atoms with Crippen LogP contribution in [-0.2, 0) is 0 Å². The van der Waals surface area contributed by atoms with Crippen LogP contribution in [0.4, 0.5) is 0 Å². The summed E-state index contributed by atoms with van der Waals surface area (Å²) in [7, 11) is 1.47. The number of carbonyl (C=O) groups is 1. The molecule has 0 aliphatic carbocycles. The summed E-state index contributed by atoms with van der Waals surface area (Å²) in [6.45, 7) is 0. The average Bonchev–Trinajstić information content (AvgIpc) is 2.04. The maximum Gasteiger partial charge on any atom is 0.128 e. The number of hydrogen-bond donors (Lipinski definition) is 0. The van der Waals surface area contributed by atoms with Gasteiger partial charge >= 0.3 is 0 Å². The van der Waals surface area contributed by atoms with Crippen molar-refractivity contribution in [2.45, 2.75) is 0 Å². The fourth-order valence-electron chi connectivity index (χ4n) is 0.832. The van der Waals surface area contributed by atoms with E-state index < -0.39 is 5.91 Å². The zero-order chi connectivity index (χ0) is 8.27. The van der Waals surface area contributed by atoms with Gasteiger partial charge in [0.2, 0.25) is 0 Å². The topological polar surface area (TPSA) is 50.1 Å². The Kier molecular flexibility index (Phi) is 5.42. The number of methoxy groups -OCH3 is 1. The van der Waals surface area contributed by atoms with Crippen molar-refractivity contribution in [1.29, 1.82) is 0 Å². The molecule has 1 radical (unpaired) electrons. The molecule has 0 atom stereocenters. The molecular weight excluding hydrogens is 283 g/mol. The maximum absolute atomic E-state index is 10.6. The van der Waals surface area contributed by atoms with E-state index >= 15 is 0 Å². The smallest absolute Gasteiger partial charge is 0.128 e. The molecule has 1 amide bonds. The Hall–Kier alpha value is -0.146. The van der Waals surface area contributed by atoms with Gasteiger partial charge in [0.1, 0.15) is 5.75 Å². The van der Waals surface area contributed by atoms with Crippen LogP contribution in [0.25, 0.3) is 5.73 Å². The number of carbonyl (C=O) groups excluding carboxylic acids is 1. The third-order valence-electron chi connectivity index (χ3n) is 1.35. The first kappa shape index (κ1) is 11.9. The second-order valence-electron chi connectivity index (χ2n) is 2.03. The van der Waals surface area contributed by atoms with Crippen LogP contribution in [0.2, 0.25) is 0 Å². The molecule has 61 valence electrons. The van der Waals surface area contributed by atoms with Crippen LogP contribution in [0.15, 0.2) is 24.3 Å². The number of nitrogens with one attached hydrogen (secondary N) is 1. The molecule has 0 aliphatic heterocycles. The molecule has 1 aromatic rings. The van der Waals surface area contributed by atoms with Crippen LogP contribution in [0, 0.1) is 41.3 Å². The molecule has 3 nitrogen and oxygen atoms in total. The van der Waals surface area contributed by atoms with Crippen LogP contribution in [0.1, 0.15) is 10.4 Å².